The van der Waals surface area contributed by atoms with Crippen molar-refractivity contribution in [3.8, 4) is 0 Å². The number of carbonyl (C=O) groups is 2. The number of nitrogens with zero attached hydrogens (tertiary/aromatic N) is 1. The Labute approximate surface area is 111 Å². The van der Waals surface area contributed by atoms with E-state index in [0.29, 0.717) is 13.0 Å². The van der Waals surface area contributed by atoms with Gasteiger partial charge in [-0.15, -0.1) is 0 Å². The highest BCUT2D eigenvalue weighted by atomic mass is 79.9. The summed E-state index contributed by atoms with van der Waals surface area (Å²) in [6.45, 7) is 9.57. The molecule has 0 aromatic carbocycles. The van der Waals surface area contributed by atoms with Crippen LogP contribution in [0.4, 0.5) is 4.79 Å². The van der Waals surface area contributed by atoms with Gasteiger partial charge in [-0.2, -0.15) is 0 Å². The topological polar surface area (TPSA) is 46.6 Å². The molecule has 1 saturated heterocycles. The number of halogens is 1. The Balaban J connectivity index is 2.80. The van der Waals surface area contributed by atoms with Gasteiger partial charge >= 0.3 is 6.09 Å². The lowest BCUT2D eigenvalue weighted by molar-refractivity contribution is -0.132. The Morgan fingerprint density at radius 2 is 2.00 bits per heavy atom. The van der Waals surface area contributed by atoms with Gasteiger partial charge in [0.1, 0.15) is 16.3 Å². The quantitative estimate of drug-likeness (QED) is 0.510. The fourth-order valence-corrected chi connectivity index (χ4v) is 2.31. The van der Waals surface area contributed by atoms with Crippen molar-refractivity contribution in [1.29, 1.82) is 0 Å². The van der Waals surface area contributed by atoms with Crippen LogP contribution in [0, 0.1) is 5.41 Å². The van der Waals surface area contributed by atoms with Crippen molar-refractivity contribution in [2.24, 2.45) is 5.41 Å². The number of amides is 1. The Kier molecular flexibility index (Phi) is 3.91. The maximum absolute atomic E-state index is 12.0. The Morgan fingerprint density at radius 1 is 1.47 bits per heavy atom. The minimum Gasteiger partial charge on any atom is -0.444 e. The van der Waals surface area contributed by atoms with Crippen LogP contribution in [0.1, 0.15) is 41.0 Å². The largest absolute Gasteiger partial charge is 0.444 e. The number of ether oxygens (including phenoxy) is 1. The predicted molar refractivity (Wildman–Crippen MR) is 69.1 cm³/mol. The number of hydrogen-bond acceptors (Lipinski definition) is 3. The van der Waals surface area contributed by atoms with Gasteiger partial charge in [0.05, 0.1) is 5.41 Å². The Hall–Kier alpha value is -0.580. The number of Topliss-reactive ketones (excluding diaryl/α,β-unsaturated/α-hetero) is 1. The number of carbonyl (C=O) groups excluding carboxylic acids is 2. The first kappa shape index (κ1) is 14.5. The second-order valence-corrected chi connectivity index (χ2v) is 6.77. The van der Waals surface area contributed by atoms with Gasteiger partial charge < -0.3 is 4.74 Å². The predicted octanol–water partition coefficient (Wildman–Crippen LogP) is 2.94. The third-order valence-electron chi connectivity index (χ3n) is 2.80. The van der Waals surface area contributed by atoms with Crippen molar-refractivity contribution in [3.05, 3.63) is 0 Å². The lowest BCUT2D eigenvalue weighted by atomic mass is 9.83. The smallest absolute Gasteiger partial charge is 0.411 e. The van der Waals surface area contributed by atoms with Gasteiger partial charge in [0.2, 0.25) is 0 Å². The number of ketones is 1. The molecule has 1 rings (SSSR count). The van der Waals surface area contributed by atoms with E-state index in [2.05, 4.69) is 15.9 Å². The van der Waals surface area contributed by atoms with E-state index in [0.717, 1.165) is 0 Å². The van der Waals surface area contributed by atoms with E-state index in [1.165, 1.54) is 0 Å². The van der Waals surface area contributed by atoms with Crippen LogP contribution in [-0.2, 0) is 9.53 Å². The molecule has 1 atom stereocenters. The molecule has 0 aromatic heterocycles. The Bertz CT molecular complexity index is 333. The molecule has 17 heavy (non-hydrogen) atoms. The van der Waals surface area contributed by atoms with Crippen molar-refractivity contribution in [2.75, 3.05) is 6.54 Å². The van der Waals surface area contributed by atoms with Crippen LogP contribution in [0.25, 0.3) is 0 Å². The molecule has 1 aliphatic rings. The summed E-state index contributed by atoms with van der Waals surface area (Å²) >= 11 is 3.43. The average Bonchev–Trinajstić information content (AvgIpc) is 2.12. The number of rotatable bonds is 0. The van der Waals surface area contributed by atoms with Crippen LogP contribution in [0.3, 0.4) is 0 Å². The molecule has 0 spiro atoms. The van der Waals surface area contributed by atoms with Crippen LogP contribution in [0.5, 0.6) is 0 Å². The van der Waals surface area contributed by atoms with Crippen molar-refractivity contribution >= 4 is 27.8 Å². The molecule has 98 valence electrons. The summed E-state index contributed by atoms with van der Waals surface area (Å²) in [4.78, 5) is 25.0. The average molecular weight is 306 g/mol. The van der Waals surface area contributed by atoms with Gasteiger partial charge in [-0.1, -0.05) is 29.8 Å². The van der Waals surface area contributed by atoms with Crippen LogP contribution < -0.4 is 0 Å². The zero-order chi connectivity index (χ0) is 13.4. The zero-order valence-electron chi connectivity index (χ0n) is 11.0. The number of likely N-dealkylation sites (tertiary alicyclic amines) is 1. The maximum atomic E-state index is 12.0. The molecule has 0 radical (unpaired) electrons. The van der Waals surface area contributed by atoms with Crippen LogP contribution in [0.2, 0.25) is 0 Å². The lowest BCUT2D eigenvalue weighted by Crippen LogP contribution is -2.54. The highest BCUT2D eigenvalue weighted by Gasteiger charge is 2.45. The number of piperidine rings is 1. The molecule has 1 unspecified atom stereocenters. The first-order chi connectivity index (χ1) is 7.55. The third-order valence-corrected chi connectivity index (χ3v) is 4.43. The second-order valence-electron chi connectivity index (χ2n) is 5.90. The van der Waals surface area contributed by atoms with E-state index in [4.69, 9.17) is 4.74 Å². The fraction of sp³-hybridized carbons (Fsp3) is 0.833. The summed E-state index contributed by atoms with van der Waals surface area (Å²) in [5.74, 6) is 0.166. The second kappa shape index (κ2) is 4.59. The molecule has 5 heteroatoms. The van der Waals surface area contributed by atoms with Crippen molar-refractivity contribution in [2.45, 2.75) is 51.6 Å². The summed E-state index contributed by atoms with van der Waals surface area (Å²) in [6, 6.07) is 0. The molecular weight excluding hydrogens is 286 g/mol. The van der Waals surface area contributed by atoms with E-state index < -0.39 is 11.0 Å². The molecule has 1 heterocycles. The molecule has 0 aromatic rings. The van der Waals surface area contributed by atoms with Gasteiger partial charge in [0.25, 0.3) is 0 Å². The first-order valence-corrected chi connectivity index (χ1v) is 6.64. The summed E-state index contributed by atoms with van der Waals surface area (Å²) in [7, 11) is 0. The standard InChI is InChI=1S/C12H20BrNO3/c1-11(2,3)17-10(16)14-7-6-8(15)12(4,5)9(14)13/h9H,6-7H2,1-5H3. The van der Waals surface area contributed by atoms with Gasteiger partial charge in [-0.05, 0) is 20.8 Å². The molecule has 0 N–H and O–H groups in total. The molecule has 1 amide bonds. The first-order valence-electron chi connectivity index (χ1n) is 5.72. The molecule has 0 saturated carbocycles. The highest BCUT2D eigenvalue weighted by Crippen LogP contribution is 2.36. The molecule has 0 bridgehead atoms. The van der Waals surface area contributed by atoms with Crippen molar-refractivity contribution in [3.63, 3.8) is 0 Å². The SMILES string of the molecule is CC(C)(C)OC(=O)N1CCC(=O)C(C)(C)C1Br. The van der Waals surface area contributed by atoms with Crippen LogP contribution in [-0.4, -0.2) is 33.9 Å². The summed E-state index contributed by atoms with van der Waals surface area (Å²) in [6.07, 6.45) is 0.00823. The summed E-state index contributed by atoms with van der Waals surface area (Å²) < 4.78 is 5.32. The van der Waals surface area contributed by atoms with Crippen molar-refractivity contribution in [1.82, 2.24) is 4.90 Å². The van der Waals surface area contributed by atoms with Crippen molar-refractivity contribution < 1.29 is 14.3 Å². The van der Waals surface area contributed by atoms with E-state index in [-0.39, 0.29) is 16.8 Å². The number of hydrogen-bond donors (Lipinski definition) is 0. The monoisotopic (exact) mass is 305 g/mol. The van der Waals surface area contributed by atoms with Gasteiger partial charge in [0, 0.05) is 13.0 Å². The summed E-state index contributed by atoms with van der Waals surface area (Å²) in [5, 5.41) is 0. The lowest BCUT2D eigenvalue weighted by Gasteiger charge is -2.42. The third kappa shape index (κ3) is 3.21. The zero-order valence-corrected chi connectivity index (χ0v) is 12.6. The maximum Gasteiger partial charge on any atom is 0.411 e. The Morgan fingerprint density at radius 3 is 2.47 bits per heavy atom. The minimum atomic E-state index is -0.574. The van der Waals surface area contributed by atoms with E-state index in [1.54, 1.807) is 4.90 Å². The normalized spacial score (nSPS) is 24.7. The number of alkyl halides is 1. The molecular formula is C12H20BrNO3. The van der Waals surface area contributed by atoms with E-state index in [1.807, 2.05) is 34.6 Å². The van der Waals surface area contributed by atoms with Gasteiger partial charge in [-0.25, -0.2) is 4.79 Å². The highest BCUT2D eigenvalue weighted by molar-refractivity contribution is 9.09. The van der Waals surface area contributed by atoms with E-state index in [9.17, 15) is 9.59 Å². The van der Waals surface area contributed by atoms with Gasteiger partial charge in [0.15, 0.2) is 0 Å². The summed E-state index contributed by atoms with van der Waals surface area (Å²) in [5.41, 5.74) is -1.09. The molecule has 4 nitrogen and oxygen atoms in total. The van der Waals surface area contributed by atoms with Crippen LogP contribution in [0.15, 0.2) is 0 Å². The van der Waals surface area contributed by atoms with Gasteiger partial charge in [-0.3, -0.25) is 9.69 Å². The molecule has 1 aliphatic heterocycles. The fourth-order valence-electron chi connectivity index (χ4n) is 1.68. The minimum absolute atomic E-state index is 0.166. The van der Waals surface area contributed by atoms with E-state index >= 15 is 0 Å². The molecule has 1 fully saturated rings. The molecule has 0 aliphatic carbocycles. The van der Waals surface area contributed by atoms with Crippen LogP contribution >= 0.6 is 15.9 Å².